The number of aromatic nitrogens is 2. The minimum Gasteiger partial charge on any atom is -0.384 e. The number of hydrogen-bond donors (Lipinski definition) is 2. The van der Waals surface area contributed by atoms with Gasteiger partial charge in [0.1, 0.15) is 5.84 Å². The molecule has 0 spiro atoms. The topological polar surface area (TPSA) is 78.9 Å². The molecule has 1 aromatic heterocycles. The van der Waals surface area contributed by atoms with E-state index < -0.39 is 0 Å². The fourth-order valence-electron chi connectivity index (χ4n) is 1.98. The van der Waals surface area contributed by atoms with Crippen LogP contribution in [-0.4, -0.2) is 23.1 Å². The van der Waals surface area contributed by atoms with Crippen molar-refractivity contribution >= 4 is 11.7 Å². The Balaban J connectivity index is 2.25. The zero-order valence-electron chi connectivity index (χ0n) is 11.1. The highest BCUT2D eigenvalue weighted by Gasteiger charge is 2.12. The molecule has 1 aromatic carbocycles. The van der Waals surface area contributed by atoms with Gasteiger partial charge in [-0.25, -0.2) is 0 Å². The van der Waals surface area contributed by atoms with Crippen molar-refractivity contribution in [3.05, 3.63) is 53.2 Å². The number of aryl methyl sites for hydroxylation is 1. The average molecular weight is 255 g/mol. The minimum atomic E-state index is 0.000919. The van der Waals surface area contributed by atoms with E-state index in [9.17, 15) is 0 Å². The molecule has 0 saturated heterocycles. The third-order valence-electron chi connectivity index (χ3n) is 2.86. The minimum absolute atomic E-state index is 0.000919. The van der Waals surface area contributed by atoms with Gasteiger partial charge in [-0.3, -0.25) is 5.41 Å². The predicted octanol–water partition coefficient (Wildman–Crippen LogP) is 1.71. The second kappa shape index (κ2) is 5.48. The number of nitrogens with one attached hydrogen (secondary N) is 1. The van der Waals surface area contributed by atoms with Gasteiger partial charge in [-0.1, -0.05) is 29.8 Å². The molecule has 0 saturated carbocycles. The lowest BCUT2D eigenvalue weighted by Crippen LogP contribution is -2.23. The van der Waals surface area contributed by atoms with E-state index in [0.717, 1.165) is 0 Å². The monoisotopic (exact) mass is 255 g/mol. The maximum Gasteiger partial charge on any atom is 0.162 e. The summed E-state index contributed by atoms with van der Waals surface area (Å²) < 4.78 is 0. The fraction of sp³-hybridized carbons (Fsp3) is 0.214. The summed E-state index contributed by atoms with van der Waals surface area (Å²) in [4.78, 5) is 1.94. The van der Waals surface area contributed by atoms with Gasteiger partial charge in [-0.05, 0) is 18.6 Å². The molecule has 2 aromatic rings. The van der Waals surface area contributed by atoms with Crippen molar-refractivity contribution in [1.29, 1.82) is 5.41 Å². The molecule has 0 aliphatic heterocycles. The molecule has 0 fully saturated rings. The maximum atomic E-state index is 7.57. The second-order valence-corrected chi connectivity index (χ2v) is 4.53. The van der Waals surface area contributed by atoms with E-state index in [0.29, 0.717) is 17.9 Å². The van der Waals surface area contributed by atoms with Gasteiger partial charge in [0.15, 0.2) is 5.82 Å². The number of rotatable bonds is 4. The van der Waals surface area contributed by atoms with E-state index in [-0.39, 0.29) is 5.84 Å². The Kier molecular flexibility index (Phi) is 3.75. The van der Waals surface area contributed by atoms with Gasteiger partial charge in [-0.2, -0.15) is 5.10 Å². The van der Waals surface area contributed by atoms with E-state index in [1.807, 2.05) is 18.0 Å². The van der Waals surface area contributed by atoms with Crippen LogP contribution in [-0.2, 0) is 6.54 Å². The van der Waals surface area contributed by atoms with Crippen LogP contribution in [0.1, 0.15) is 16.7 Å². The summed E-state index contributed by atoms with van der Waals surface area (Å²) in [6.07, 6.45) is 1.54. The van der Waals surface area contributed by atoms with Gasteiger partial charge in [-0.15, -0.1) is 5.10 Å². The van der Waals surface area contributed by atoms with Crippen LogP contribution in [0.2, 0.25) is 0 Å². The first kappa shape index (κ1) is 13.0. The van der Waals surface area contributed by atoms with Gasteiger partial charge in [0.05, 0.1) is 11.8 Å². The van der Waals surface area contributed by atoms with E-state index in [2.05, 4.69) is 35.3 Å². The number of hydrogen-bond acceptors (Lipinski definition) is 4. The van der Waals surface area contributed by atoms with Crippen LogP contribution in [0.5, 0.6) is 0 Å². The van der Waals surface area contributed by atoms with Crippen LogP contribution in [0.25, 0.3) is 0 Å². The molecule has 0 bridgehead atoms. The summed E-state index contributed by atoms with van der Waals surface area (Å²) in [7, 11) is 1.92. The van der Waals surface area contributed by atoms with E-state index in [1.54, 1.807) is 12.3 Å². The third-order valence-corrected chi connectivity index (χ3v) is 2.86. The largest absolute Gasteiger partial charge is 0.384 e. The van der Waals surface area contributed by atoms with Crippen molar-refractivity contribution in [1.82, 2.24) is 10.2 Å². The Morgan fingerprint density at radius 3 is 2.84 bits per heavy atom. The van der Waals surface area contributed by atoms with Crippen LogP contribution >= 0.6 is 0 Å². The molecular weight excluding hydrogens is 238 g/mol. The normalized spacial score (nSPS) is 10.2. The summed E-state index contributed by atoms with van der Waals surface area (Å²) in [6.45, 7) is 2.76. The lowest BCUT2D eigenvalue weighted by Gasteiger charge is -2.20. The van der Waals surface area contributed by atoms with E-state index >= 15 is 0 Å². The molecular formula is C14H17N5. The summed E-state index contributed by atoms with van der Waals surface area (Å²) in [6, 6.07) is 9.99. The summed E-state index contributed by atoms with van der Waals surface area (Å²) in [5.74, 6) is 0.623. The number of amidine groups is 1. The summed E-state index contributed by atoms with van der Waals surface area (Å²) in [5.41, 5.74) is 8.56. The second-order valence-electron chi connectivity index (χ2n) is 4.53. The number of anilines is 1. The van der Waals surface area contributed by atoms with Crippen LogP contribution in [0, 0.1) is 12.3 Å². The van der Waals surface area contributed by atoms with Crippen LogP contribution in [0.3, 0.4) is 0 Å². The molecule has 0 radical (unpaired) electrons. The van der Waals surface area contributed by atoms with Gasteiger partial charge in [0, 0.05) is 13.6 Å². The molecule has 3 N–H and O–H groups in total. The maximum absolute atomic E-state index is 7.57. The zero-order valence-corrected chi connectivity index (χ0v) is 11.1. The number of nitrogen functional groups attached to an aromatic ring is 1. The molecule has 2 rings (SSSR count). The third kappa shape index (κ3) is 3.07. The molecule has 19 heavy (non-hydrogen) atoms. The smallest absolute Gasteiger partial charge is 0.162 e. The van der Waals surface area contributed by atoms with Crippen molar-refractivity contribution in [2.45, 2.75) is 13.5 Å². The quantitative estimate of drug-likeness (QED) is 0.644. The molecule has 5 heteroatoms. The molecule has 98 valence electrons. The fourth-order valence-corrected chi connectivity index (χ4v) is 1.98. The molecule has 0 atom stereocenters. The van der Waals surface area contributed by atoms with Crippen molar-refractivity contribution in [3.63, 3.8) is 0 Å². The highest BCUT2D eigenvalue weighted by molar-refractivity contribution is 5.99. The first-order valence-corrected chi connectivity index (χ1v) is 6.00. The number of benzene rings is 1. The molecule has 0 aliphatic rings. The molecule has 1 heterocycles. The zero-order chi connectivity index (χ0) is 13.8. The lowest BCUT2D eigenvalue weighted by molar-refractivity contribution is 0.862. The first-order chi connectivity index (χ1) is 9.08. The Bertz CT molecular complexity index is 594. The molecule has 0 unspecified atom stereocenters. The SMILES string of the molecule is Cc1cccc(CN(C)c2nnccc2C(=N)N)c1. The van der Waals surface area contributed by atoms with Crippen molar-refractivity contribution in [2.24, 2.45) is 5.73 Å². The van der Waals surface area contributed by atoms with Gasteiger partial charge >= 0.3 is 0 Å². The summed E-state index contributed by atoms with van der Waals surface area (Å²) >= 11 is 0. The van der Waals surface area contributed by atoms with Crippen LogP contribution < -0.4 is 10.6 Å². The van der Waals surface area contributed by atoms with E-state index in [4.69, 9.17) is 11.1 Å². The van der Waals surface area contributed by atoms with Crippen LogP contribution in [0.4, 0.5) is 5.82 Å². The van der Waals surface area contributed by atoms with Crippen molar-refractivity contribution < 1.29 is 0 Å². The predicted molar refractivity (Wildman–Crippen MR) is 76.3 cm³/mol. The lowest BCUT2D eigenvalue weighted by atomic mass is 10.1. The molecule has 0 amide bonds. The Hall–Kier alpha value is -2.43. The molecule has 0 aliphatic carbocycles. The standard InChI is InChI=1S/C14H17N5/c1-10-4-3-5-11(8-10)9-19(2)14-12(13(15)16)6-7-17-18-14/h3-8H,9H2,1-2H3,(H3,15,16). The Morgan fingerprint density at radius 2 is 2.16 bits per heavy atom. The highest BCUT2D eigenvalue weighted by atomic mass is 15.2. The first-order valence-electron chi connectivity index (χ1n) is 6.00. The van der Waals surface area contributed by atoms with Crippen molar-refractivity contribution in [2.75, 3.05) is 11.9 Å². The van der Waals surface area contributed by atoms with Gasteiger partial charge < -0.3 is 10.6 Å². The Labute approximate surface area is 112 Å². The number of nitrogens with two attached hydrogens (primary N) is 1. The van der Waals surface area contributed by atoms with Crippen LogP contribution in [0.15, 0.2) is 36.5 Å². The summed E-state index contributed by atoms with van der Waals surface area (Å²) in [5, 5.41) is 15.5. The Morgan fingerprint density at radius 1 is 1.37 bits per heavy atom. The van der Waals surface area contributed by atoms with E-state index in [1.165, 1.54) is 11.1 Å². The average Bonchev–Trinajstić information content (AvgIpc) is 2.38. The molecule has 5 nitrogen and oxygen atoms in total. The van der Waals surface area contributed by atoms with Gasteiger partial charge in [0.2, 0.25) is 0 Å². The van der Waals surface area contributed by atoms with Gasteiger partial charge in [0.25, 0.3) is 0 Å². The van der Waals surface area contributed by atoms with Crippen molar-refractivity contribution in [3.8, 4) is 0 Å². The highest BCUT2D eigenvalue weighted by Crippen LogP contribution is 2.17. The number of nitrogens with zero attached hydrogens (tertiary/aromatic N) is 3.